The summed E-state index contributed by atoms with van der Waals surface area (Å²) in [6, 6.07) is -0.327. The maximum atomic E-state index is 11.7. The zero-order valence-corrected chi connectivity index (χ0v) is 10.4. The van der Waals surface area contributed by atoms with E-state index in [4.69, 9.17) is 15.7 Å². The molecule has 0 aliphatic carbocycles. The largest absolute Gasteiger partial charge is 0.396 e. The van der Waals surface area contributed by atoms with Crippen molar-refractivity contribution in [1.82, 2.24) is 10.3 Å². The summed E-state index contributed by atoms with van der Waals surface area (Å²) in [5.74, 6) is 5.43. The normalized spacial score (nSPS) is 23.4. The molecule has 1 amide bonds. The minimum Gasteiger partial charge on any atom is -0.396 e. The van der Waals surface area contributed by atoms with E-state index in [1.165, 1.54) is 0 Å². The van der Waals surface area contributed by atoms with E-state index in [9.17, 15) is 4.79 Å². The number of carbonyl (C=O) groups is 1. The van der Waals surface area contributed by atoms with Gasteiger partial charge in [-0.2, -0.15) is 0 Å². The quantitative estimate of drug-likeness (QED) is 0.320. The van der Waals surface area contributed by atoms with E-state index in [0.717, 1.165) is 32.4 Å². The number of hydrogen-bond acceptors (Lipinski definition) is 5. The number of aliphatic hydroxyl groups is 1. The summed E-state index contributed by atoms with van der Waals surface area (Å²) in [6.07, 6.45) is 2.95. The Hall–Kier alpha value is -0.690. The standard InChI is InChI=1S/C11H23N3O3/c1-17-8-10(11(16)13-12)14-5-2-3-9(7-14)4-6-15/h9-10,15H,2-8,12H2,1H3,(H,13,16). The van der Waals surface area contributed by atoms with Crippen molar-refractivity contribution >= 4 is 5.91 Å². The second-order valence-corrected chi connectivity index (χ2v) is 4.50. The number of piperidine rings is 1. The highest BCUT2D eigenvalue weighted by Gasteiger charge is 2.29. The summed E-state index contributed by atoms with van der Waals surface area (Å²) in [6.45, 7) is 2.25. The van der Waals surface area contributed by atoms with Crippen LogP contribution in [0, 0.1) is 5.92 Å². The third kappa shape index (κ3) is 4.23. The van der Waals surface area contributed by atoms with Crippen LogP contribution < -0.4 is 11.3 Å². The molecule has 1 aliphatic rings. The Morgan fingerprint density at radius 1 is 1.71 bits per heavy atom. The number of hydrazine groups is 1. The SMILES string of the molecule is COCC(C(=O)NN)N1CCCC(CCO)C1. The Morgan fingerprint density at radius 3 is 3.06 bits per heavy atom. The van der Waals surface area contributed by atoms with E-state index in [0.29, 0.717) is 12.5 Å². The number of carbonyl (C=O) groups excluding carboxylic acids is 1. The third-order valence-electron chi connectivity index (χ3n) is 3.30. The molecule has 1 rings (SSSR count). The molecule has 0 radical (unpaired) electrons. The zero-order valence-electron chi connectivity index (χ0n) is 10.4. The molecule has 6 heteroatoms. The highest BCUT2D eigenvalue weighted by atomic mass is 16.5. The van der Waals surface area contributed by atoms with Crippen LogP contribution in [-0.4, -0.2) is 55.4 Å². The summed E-state index contributed by atoms with van der Waals surface area (Å²) in [5.41, 5.74) is 2.18. The first-order chi connectivity index (χ1) is 8.22. The first kappa shape index (κ1) is 14.4. The zero-order chi connectivity index (χ0) is 12.7. The summed E-state index contributed by atoms with van der Waals surface area (Å²) >= 11 is 0. The molecule has 100 valence electrons. The van der Waals surface area contributed by atoms with E-state index in [1.54, 1.807) is 7.11 Å². The molecule has 0 spiro atoms. The summed E-state index contributed by atoms with van der Waals surface area (Å²) in [7, 11) is 1.58. The number of nitrogens with two attached hydrogens (primary N) is 1. The van der Waals surface area contributed by atoms with Crippen LogP contribution in [0.1, 0.15) is 19.3 Å². The monoisotopic (exact) mass is 245 g/mol. The van der Waals surface area contributed by atoms with Gasteiger partial charge in [-0.1, -0.05) is 0 Å². The molecule has 0 aromatic rings. The number of hydrogen-bond donors (Lipinski definition) is 3. The van der Waals surface area contributed by atoms with Gasteiger partial charge in [0.2, 0.25) is 0 Å². The van der Waals surface area contributed by atoms with Crippen molar-refractivity contribution in [3.63, 3.8) is 0 Å². The maximum absolute atomic E-state index is 11.7. The first-order valence-electron chi connectivity index (χ1n) is 6.07. The van der Waals surface area contributed by atoms with Crippen molar-refractivity contribution in [3.05, 3.63) is 0 Å². The topological polar surface area (TPSA) is 87.8 Å². The van der Waals surface area contributed by atoms with Gasteiger partial charge >= 0.3 is 0 Å². The Balaban J connectivity index is 2.56. The summed E-state index contributed by atoms with van der Waals surface area (Å²) in [5, 5.41) is 8.96. The Kier molecular flexibility index (Phi) is 6.43. The average molecular weight is 245 g/mol. The first-order valence-corrected chi connectivity index (χ1v) is 6.07. The van der Waals surface area contributed by atoms with Gasteiger partial charge in [-0.25, -0.2) is 5.84 Å². The van der Waals surface area contributed by atoms with Gasteiger partial charge in [0.05, 0.1) is 6.61 Å². The van der Waals surface area contributed by atoms with Crippen molar-refractivity contribution in [3.8, 4) is 0 Å². The Morgan fingerprint density at radius 2 is 2.47 bits per heavy atom. The molecule has 4 N–H and O–H groups in total. The Labute approximate surface area is 102 Å². The molecule has 0 saturated carbocycles. The minimum absolute atomic E-state index is 0.205. The van der Waals surface area contributed by atoms with Crippen molar-refractivity contribution in [2.75, 3.05) is 33.4 Å². The molecule has 1 saturated heterocycles. The van der Waals surface area contributed by atoms with Crippen molar-refractivity contribution < 1.29 is 14.6 Å². The third-order valence-corrected chi connectivity index (χ3v) is 3.30. The van der Waals surface area contributed by atoms with E-state index < -0.39 is 0 Å². The van der Waals surface area contributed by atoms with Crippen molar-refractivity contribution in [2.45, 2.75) is 25.3 Å². The van der Waals surface area contributed by atoms with Gasteiger partial charge in [0.25, 0.3) is 5.91 Å². The van der Waals surface area contributed by atoms with E-state index in [2.05, 4.69) is 10.3 Å². The highest BCUT2D eigenvalue weighted by molar-refractivity contribution is 5.81. The van der Waals surface area contributed by atoms with Gasteiger partial charge in [0.15, 0.2) is 0 Å². The molecule has 6 nitrogen and oxygen atoms in total. The number of aliphatic hydroxyl groups excluding tert-OH is 1. The van der Waals surface area contributed by atoms with Gasteiger partial charge in [0, 0.05) is 20.3 Å². The Bertz CT molecular complexity index is 236. The number of likely N-dealkylation sites (tertiary alicyclic amines) is 1. The van der Waals surface area contributed by atoms with Crippen LogP contribution in [0.5, 0.6) is 0 Å². The fraction of sp³-hybridized carbons (Fsp3) is 0.909. The van der Waals surface area contributed by atoms with Gasteiger partial charge in [-0.3, -0.25) is 15.1 Å². The number of methoxy groups -OCH3 is 1. The molecule has 1 heterocycles. The second-order valence-electron chi connectivity index (χ2n) is 4.50. The van der Waals surface area contributed by atoms with Gasteiger partial charge < -0.3 is 9.84 Å². The number of nitrogens with one attached hydrogen (secondary N) is 1. The van der Waals surface area contributed by atoms with Crippen LogP contribution in [0.15, 0.2) is 0 Å². The average Bonchev–Trinajstić information content (AvgIpc) is 2.36. The smallest absolute Gasteiger partial charge is 0.253 e. The molecular weight excluding hydrogens is 222 g/mol. The fourth-order valence-electron chi connectivity index (χ4n) is 2.40. The van der Waals surface area contributed by atoms with Crippen LogP contribution in [0.3, 0.4) is 0 Å². The molecule has 0 aromatic carbocycles. The summed E-state index contributed by atoms with van der Waals surface area (Å²) in [4.78, 5) is 13.8. The lowest BCUT2D eigenvalue weighted by Gasteiger charge is -2.36. The summed E-state index contributed by atoms with van der Waals surface area (Å²) < 4.78 is 5.07. The van der Waals surface area contributed by atoms with Crippen LogP contribution in [0.2, 0.25) is 0 Å². The van der Waals surface area contributed by atoms with Crippen LogP contribution >= 0.6 is 0 Å². The molecule has 2 unspecified atom stereocenters. The van der Waals surface area contributed by atoms with E-state index in [-0.39, 0.29) is 18.6 Å². The number of amides is 1. The molecular formula is C11H23N3O3. The maximum Gasteiger partial charge on any atom is 0.253 e. The van der Waals surface area contributed by atoms with Gasteiger partial charge in [-0.15, -0.1) is 0 Å². The van der Waals surface area contributed by atoms with Crippen LogP contribution in [0.25, 0.3) is 0 Å². The number of ether oxygens (including phenoxy) is 1. The van der Waals surface area contributed by atoms with Gasteiger partial charge in [-0.05, 0) is 31.7 Å². The fourth-order valence-corrected chi connectivity index (χ4v) is 2.40. The van der Waals surface area contributed by atoms with E-state index >= 15 is 0 Å². The van der Waals surface area contributed by atoms with Gasteiger partial charge in [0.1, 0.15) is 6.04 Å². The highest BCUT2D eigenvalue weighted by Crippen LogP contribution is 2.21. The lowest BCUT2D eigenvalue weighted by atomic mass is 9.94. The molecule has 17 heavy (non-hydrogen) atoms. The number of rotatable bonds is 6. The number of nitrogens with zero attached hydrogens (tertiary/aromatic N) is 1. The molecule has 1 aliphatic heterocycles. The molecule has 0 aromatic heterocycles. The second kappa shape index (κ2) is 7.60. The minimum atomic E-state index is -0.327. The molecule has 0 bridgehead atoms. The molecule has 2 atom stereocenters. The van der Waals surface area contributed by atoms with Crippen LogP contribution in [-0.2, 0) is 9.53 Å². The van der Waals surface area contributed by atoms with E-state index in [1.807, 2.05) is 0 Å². The van der Waals surface area contributed by atoms with Crippen LogP contribution in [0.4, 0.5) is 0 Å². The predicted molar refractivity (Wildman–Crippen MR) is 64.0 cm³/mol. The van der Waals surface area contributed by atoms with Crippen molar-refractivity contribution in [2.24, 2.45) is 11.8 Å². The lowest BCUT2D eigenvalue weighted by Crippen LogP contribution is -2.54. The lowest BCUT2D eigenvalue weighted by molar-refractivity contribution is -0.129. The molecule has 1 fully saturated rings. The predicted octanol–water partition coefficient (Wildman–Crippen LogP) is -0.914. The van der Waals surface area contributed by atoms with Crippen molar-refractivity contribution in [1.29, 1.82) is 0 Å².